The Balaban J connectivity index is 2.04. The number of alkyl halides is 2. The highest BCUT2D eigenvalue weighted by Crippen LogP contribution is 2.31. The van der Waals surface area contributed by atoms with Gasteiger partial charge in [-0.15, -0.1) is 0 Å². The van der Waals surface area contributed by atoms with Crippen LogP contribution in [0, 0.1) is 12.7 Å². The zero-order valence-corrected chi connectivity index (χ0v) is 19.0. The van der Waals surface area contributed by atoms with E-state index in [4.69, 9.17) is 0 Å². The number of carbonyl (C=O) groups is 1. The Morgan fingerprint density at radius 3 is 2.30 bits per heavy atom. The lowest BCUT2D eigenvalue weighted by Gasteiger charge is -2.17. The van der Waals surface area contributed by atoms with Crippen molar-refractivity contribution in [3.8, 4) is 5.69 Å². The van der Waals surface area contributed by atoms with Crippen molar-refractivity contribution in [1.82, 2.24) is 4.57 Å². The molecule has 0 radical (unpaired) electrons. The summed E-state index contributed by atoms with van der Waals surface area (Å²) in [6.45, 7) is 3.08. The van der Waals surface area contributed by atoms with Gasteiger partial charge in [-0.25, -0.2) is 21.6 Å². The quantitative estimate of drug-likeness (QED) is 0.523. The SMILES string of the molecule is Cc1c(C(=O)Nc2ccc(S(C)(=O)=O)cc2)cc(C[C@H](C)O)n1-c1ccc(F)cc1C(F)F. The average molecular weight is 481 g/mol. The molecule has 33 heavy (non-hydrogen) atoms. The molecule has 2 aromatic carbocycles. The first kappa shape index (κ1) is 24.5. The molecule has 0 aliphatic rings. The van der Waals surface area contributed by atoms with Crippen LogP contribution in [0.3, 0.4) is 0 Å². The van der Waals surface area contributed by atoms with Gasteiger partial charge in [0.1, 0.15) is 5.82 Å². The normalized spacial score (nSPS) is 12.7. The van der Waals surface area contributed by atoms with Crippen LogP contribution in [0.2, 0.25) is 0 Å². The minimum Gasteiger partial charge on any atom is -0.393 e. The maximum absolute atomic E-state index is 13.6. The molecular weight excluding hydrogens is 457 g/mol. The number of aliphatic hydroxyl groups is 1. The van der Waals surface area contributed by atoms with Crippen LogP contribution >= 0.6 is 0 Å². The van der Waals surface area contributed by atoms with Crippen LogP contribution in [0.1, 0.15) is 40.7 Å². The molecule has 0 bridgehead atoms. The molecule has 0 saturated carbocycles. The highest BCUT2D eigenvalue weighted by Gasteiger charge is 2.24. The Morgan fingerprint density at radius 2 is 1.76 bits per heavy atom. The number of sulfone groups is 1. The van der Waals surface area contributed by atoms with Gasteiger partial charge in [0.05, 0.1) is 22.3 Å². The molecule has 10 heteroatoms. The van der Waals surface area contributed by atoms with Crippen molar-refractivity contribution in [3.63, 3.8) is 0 Å². The van der Waals surface area contributed by atoms with Crippen molar-refractivity contribution in [2.45, 2.75) is 37.7 Å². The predicted octanol–water partition coefficient (Wildman–Crippen LogP) is 4.44. The number of nitrogens with zero attached hydrogens (tertiary/aromatic N) is 1. The predicted molar refractivity (Wildman–Crippen MR) is 118 cm³/mol. The lowest BCUT2D eigenvalue weighted by molar-refractivity contribution is 0.102. The minimum atomic E-state index is -3.39. The molecule has 1 aromatic heterocycles. The number of rotatable bonds is 7. The van der Waals surface area contributed by atoms with Crippen LogP contribution in [0.15, 0.2) is 53.4 Å². The molecule has 2 N–H and O–H groups in total. The first-order chi connectivity index (χ1) is 15.4. The van der Waals surface area contributed by atoms with Gasteiger partial charge in [-0.2, -0.15) is 0 Å². The number of halogens is 3. The summed E-state index contributed by atoms with van der Waals surface area (Å²) in [6, 6.07) is 10.1. The molecular formula is C23H23F3N2O4S. The standard InChI is InChI=1S/C23H23F3N2O4S/c1-13(29)10-17-12-19(23(30)27-16-5-7-18(8-6-16)33(3,31)32)14(2)28(17)21-9-4-15(24)11-20(21)22(25)26/h4-9,11-13,22,29H,10H2,1-3H3,(H,27,30)/t13-/m0/s1. The second kappa shape index (κ2) is 9.40. The van der Waals surface area contributed by atoms with E-state index in [0.717, 1.165) is 18.4 Å². The Bertz CT molecular complexity index is 1280. The second-order valence-electron chi connectivity index (χ2n) is 7.78. The van der Waals surface area contributed by atoms with E-state index >= 15 is 0 Å². The van der Waals surface area contributed by atoms with E-state index in [9.17, 15) is 31.5 Å². The lowest BCUT2D eigenvalue weighted by atomic mass is 10.1. The average Bonchev–Trinajstić information content (AvgIpc) is 3.03. The molecule has 0 spiro atoms. The van der Waals surface area contributed by atoms with Crippen molar-refractivity contribution in [1.29, 1.82) is 0 Å². The van der Waals surface area contributed by atoms with E-state index in [1.54, 1.807) is 6.92 Å². The van der Waals surface area contributed by atoms with Crippen LogP contribution in [-0.2, 0) is 16.3 Å². The largest absolute Gasteiger partial charge is 0.393 e. The summed E-state index contributed by atoms with van der Waals surface area (Å²) in [4.78, 5) is 13.1. The first-order valence-electron chi connectivity index (χ1n) is 9.97. The number of hydrogen-bond acceptors (Lipinski definition) is 4. The van der Waals surface area contributed by atoms with Crippen molar-refractivity contribution < 1.29 is 31.5 Å². The summed E-state index contributed by atoms with van der Waals surface area (Å²) < 4.78 is 65.5. The van der Waals surface area contributed by atoms with Crippen molar-refractivity contribution in [2.75, 3.05) is 11.6 Å². The van der Waals surface area contributed by atoms with Gasteiger partial charge in [-0.1, -0.05) is 0 Å². The van der Waals surface area contributed by atoms with Gasteiger partial charge in [0.2, 0.25) is 0 Å². The molecule has 0 aliphatic heterocycles. The number of amides is 1. The van der Waals surface area contributed by atoms with Crippen molar-refractivity contribution >= 4 is 21.4 Å². The minimum absolute atomic E-state index is 0.0103. The van der Waals surface area contributed by atoms with Gasteiger partial charge in [-0.05, 0) is 62.4 Å². The molecule has 1 amide bonds. The molecule has 0 fully saturated rings. The van der Waals surface area contributed by atoms with E-state index in [0.29, 0.717) is 17.1 Å². The number of nitrogens with one attached hydrogen (secondary N) is 1. The van der Waals surface area contributed by atoms with Crippen LogP contribution < -0.4 is 5.32 Å². The highest BCUT2D eigenvalue weighted by molar-refractivity contribution is 7.90. The van der Waals surface area contributed by atoms with E-state index < -0.39 is 39.7 Å². The van der Waals surface area contributed by atoms with E-state index in [2.05, 4.69) is 5.32 Å². The summed E-state index contributed by atoms with van der Waals surface area (Å²) in [6.07, 6.45) is -2.65. The second-order valence-corrected chi connectivity index (χ2v) is 9.79. The number of hydrogen-bond donors (Lipinski definition) is 2. The monoisotopic (exact) mass is 480 g/mol. The molecule has 6 nitrogen and oxygen atoms in total. The Kier molecular flexibility index (Phi) is 6.99. The number of aromatic nitrogens is 1. The summed E-state index contributed by atoms with van der Waals surface area (Å²) in [5.74, 6) is -1.36. The van der Waals surface area contributed by atoms with Gasteiger partial charge >= 0.3 is 0 Å². The fourth-order valence-corrected chi connectivity index (χ4v) is 4.21. The Morgan fingerprint density at radius 1 is 1.12 bits per heavy atom. The van der Waals surface area contributed by atoms with Gasteiger partial charge in [0.25, 0.3) is 12.3 Å². The van der Waals surface area contributed by atoms with Crippen LogP contribution in [0.4, 0.5) is 18.9 Å². The molecule has 1 heterocycles. The summed E-state index contributed by atoms with van der Waals surface area (Å²) in [7, 11) is -3.39. The highest BCUT2D eigenvalue weighted by atomic mass is 32.2. The fraction of sp³-hybridized carbons (Fsp3) is 0.261. The van der Waals surface area contributed by atoms with Crippen LogP contribution in [-0.4, -0.2) is 36.4 Å². The van der Waals surface area contributed by atoms with E-state index in [1.165, 1.54) is 47.9 Å². The number of benzene rings is 2. The van der Waals surface area contributed by atoms with Crippen LogP contribution in [0.5, 0.6) is 0 Å². The molecule has 176 valence electrons. The third-order valence-corrected chi connectivity index (χ3v) is 6.21. The Hall–Kier alpha value is -3.11. The number of aliphatic hydroxyl groups excluding tert-OH is 1. The fourth-order valence-electron chi connectivity index (χ4n) is 3.58. The number of carbonyl (C=O) groups excluding carboxylic acids is 1. The van der Waals surface area contributed by atoms with Gasteiger partial charge < -0.3 is 15.0 Å². The molecule has 3 aromatic rings. The van der Waals surface area contributed by atoms with Gasteiger partial charge in [-0.3, -0.25) is 4.79 Å². The first-order valence-corrected chi connectivity index (χ1v) is 11.9. The van der Waals surface area contributed by atoms with Gasteiger partial charge in [0, 0.05) is 35.3 Å². The molecule has 3 rings (SSSR count). The summed E-state index contributed by atoms with van der Waals surface area (Å²) in [5.41, 5.74) is 0.701. The van der Waals surface area contributed by atoms with Crippen LogP contribution in [0.25, 0.3) is 5.69 Å². The zero-order chi connectivity index (χ0) is 24.5. The molecule has 0 unspecified atom stereocenters. The third-order valence-electron chi connectivity index (χ3n) is 5.08. The maximum atomic E-state index is 13.6. The van der Waals surface area contributed by atoms with Gasteiger partial charge in [0.15, 0.2) is 9.84 Å². The zero-order valence-electron chi connectivity index (χ0n) is 18.1. The van der Waals surface area contributed by atoms with Crippen molar-refractivity contribution in [2.24, 2.45) is 0 Å². The smallest absolute Gasteiger partial charge is 0.265 e. The molecule has 0 aliphatic carbocycles. The number of anilines is 1. The van der Waals surface area contributed by atoms with E-state index in [-0.39, 0.29) is 22.6 Å². The summed E-state index contributed by atoms with van der Waals surface area (Å²) in [5, 5.41) is 12.5. The summed E-state index contributed by atoms with van der Waals surface area (Å²) >= 11 is 0. The topological polar surface area (TPSA) is 88.4 Å². The lowest BCUT2D eigenvalue weighted by Crippen LogP contribution is -2.14. The Labute approximate surface area is 189 Å². The molecule has 1 atom stereocenters. The molecule has 0 saturated heterocycles. The van der Waals surface area contributed by atoms with Crippen molar-refractivity contribution in [3.05, 3.63) is 76.9 Å². The third kappa shape index (κ3) is 5.45. The van der Waals surface area contributed by atoms with E-state index in [1.807, 2.05) is 0 Å². The maximum Gasteiger partial charge on any atom is 0.265 e.